The number of carbonyl (C=O) groups is 2. The molecule has 164 valence electrons. The van der Waals surface area contributed by atoms with Gasteiger partial charge in [0.25, 0.3) is 5.91 Å². The molecule has 0 fully saturated rings. The lowest BCUT2D eigenvalue weighted by Crippen LogP contribution is -2.32. The maximum atomic E-state index is 12.8. The number of rotatable bonds is 7. The highest BCUT2D eigenvalue weighted by Crippen LogP contribution is 2.26. The van der Waals surface area contributed by atoms with E-state index in [1.807, 2.05) is 0 Å². The number of aromatic nitrogens is 2. The number of carboxylic acids is 1. The van der Waals surface area contributed by atoms with Gasteiger partial charge < -0.3 is 20.1 Å². The molecule has 0 bridgehead atoms. The third-order valence-corrected chi connectivity index (χ3v) is 6.68. The van der Waals surface area contributed by atoms with E-state index < -0.39 is 40.1 Å². The van der Waals surface area contributed by atoms with Crippen molar-refractivity contribution in [3.63, 3.8) is 0 Å². The summed E-state index contributed by atoms with van der Waals surface area (Å²) in [5.74, 6) is -2.95. The molecule has 0 aliphatic carbocycles. The SMILES string of the molecule is Cc1cc(Cl)c2cc(C(=O)NC(CO)c3ccc(S(=O)(=O)CC(=O)O)cc3)n(C)c2n1. The first-order chi connectivity index (χ1) is 14.5. The van der Waals surface area contributed by atoms with Crippen molar-refractivity contribution in [1.29, 1.82) is 0 Å². The van der Waals surface area contributed by atoms with Crippen molar-refractivity contribution in [2.24, 2.45) is 7.05 Å². The summed E-state index contributed by atoms with van der Waals surface area (Å²) < 4.78 is 25.6. The largest absolute Gasteiger partial charge is 0.480 e. The second-order valence-electron chi connectivity index (χ2n) is 7.00. The molecule has 1 aromatic carbocycles. The van der Waals surface area contributed by atoms with Crippen LogP contribution >= 0.6 is 11.6 Å². The van der Waals surface area contributed by atoms with Crippen molar-refractivity contribution in [1.82, 2.24) is 14.9 Å². The van der Waals surface area contributed by atoms with Gasteiger partial charge in [-0.05, 0) is 36.8 Å². The molecule has 0 radical (unpaired) electrons. The molecule has 1 unspecified atom stereocenters. The fourth-order valence-corrected chi connectivity index (χ4v) is 4.54. The van der Waals surface area contributed by atoms with Crippen molar-refractivity contribution in [2.45, 2.75) is 17.9 Å². The van der Waals surface area contributed by atoms with E-state index >= 15 is 0 Å². The highest BCUT2D eigenvalue weighted by Gasteiger charge is 2.22. The van der Waals surface area contributed by atoms with Gasteiger partial charge in [0.15, 0.2) is 15.6 Å². The second kappa shape index (κ2) is 8.66. The van der Waals surface area contributed by atoms with Crippen LogP contribution in [0.25, 0.3) is 11.0 Å². The lowest BCUT2D eigenvalue weighted by molar-refractivity contribution is -0.134. The highest BCUT2D eigenvalue weighted by molar-refractivity contribution is 7.92. The molecule has 1 amide bonds. The van der Waals surface area contributed by atoms with E-state index in [4.69, 9.17) is 16.7 Å². The summed E-state index contributed by atoms with van der Waals surface area (Å²) in [4.78, 5) is 27.8. The molecule has 0 spiro atoms. The normalized spacial score (nSPS) is 12.6. The number of benzene rings is 1. The molecule has 3 aromatic rings. The van der Waals surface area contributed by atoms with Gasteiger partial charge in [-0.25, -0.2) is 13.4 Å². The summed E-state index contributed by atoms with van der Waals surface area (Å²) in [5, 5.41) is 22.3. The molecule has 0 saturated carbocycles. The van der Waals surface area contributed by atoms with Gasteiger partial charge in [-0.3, -0.25) is 9.59 Å². The zero-order valence-electron chi connectivity index (χ0n) is 16.7. The quantitative estimate of drug-likeness (QED) is 0.484. The number of hydrogen-bond acceptors (Lipinski definition) is 6. The van der Waals surface area contributed by atoms with Gasteiger partial charge >= 0.3 is 5.97 Å². The minimum Gasteiger partial charge on any atom is -0.480 e. The number of carbonyl (C=O) groups excluding carboxylic acids is 1. The van der Waals surface area contributed by atoms with E-state index in [2.05, 4.69) is 10.3 Å². The number of aliphatic hydroxyl groups excluding tert-OH is 1. The summed E-state index contributed by atoms with van der Waals surface area (Å²) in [7, 11) is -2.30. The predicted molar refractivity (Wildman–Crippen MR) is 114 cm³/mol. The van der Waals surface area contributed by atoms with Crippen LogP contribution in [0.2, 0.25) is 5.02 Å². The highest BCUT2D eigenvalue weighted by atomic mass is 35.5. The number of aliphatic carboxylic acids is 1. The molecule has 3 N–H and O–H groups in total. The average Bonchev–Trinajstić information content (AvgIpc) is 3.02. The molecule has 1 atom stereocenters. The van der Waals surface area contributed by atoms with Gasteiger partial charge in [-0.2, -0.15) is 0 Å². The molecule has 0 aliphatic heterocycles. The maximum Gasteiger partial charge on any atom is 0.319 e. The van der Waals surface area contributed by atoms with Crippen LogP contribution in [0.15, 0.2) is 41.3 Å². The molecule has 0 saturated heterocycles. The minimum absolute atomic E-state index is 0.161. The Labute approximate surface area is 183 Å². The number of nitrogens with zero attached hydrogens (tertiary/aromatic N) is 2. The number of fused-ring (bicyclic) bond motifs is 1. The molecule has 0 aliphatic rings. The monoisotopic (exact) mass is 465 g/mol. The summed E-state index contributed by atoms with van der Waals surface area (Å²) in [6.45, 7) is 1.36. The Balaban J connectivity index is 1.85. The molecule has 11 heteroatoms. The Kier molecular flexibility index (Phi) is 6.35. The van der Waals surface area contributed by atoms with Gasteiger partial charge in [-0.1, -0.05) is 23.7 Å². The topological polar surface area (TPSA) is 139 Å². The Bertz CT molecular complexity index is 1270. The lowest BCUT2D eigenvalue weighted by Gasteiger charge is -2.17. The molecule has 3 rings (SSSR count). The summed E-state index contributed by atoms with van der Waals surface area (Å²) >= 11 is 6.25. The van der Waals surface area contributed by atoms with Crippen LogP contribution < -0.4 is 5.32 Å². The molecular formula is C20H20ClN3O6S. The van der Waals surface area contributed by atoms with Gasteiger partial charge in [0, 0.05) is 18.1 Å². The summed E-state index contributed by atoms with van der Waals surface area (Å²) in [6.07, 6.45) is 0. The van der Waals surface area contributed by atoms with Gasteiger partial charge in [0.05, 0.1) is 22.6 Å². The lowest BCUT2D eigenvalue weighted by atomic mass is 10.1. The smallest absolute Gasteiger partial charge is 0.319 e. The first kappa shape index (κ1) is 22.7. The molecule has 9 nitrogen and oxygen atoms in total. The van der Waals surface area contributed by atoms with Crippen LogP contribution in [0.3, 0.4) is 0 Å². The fraction of sp³-hybridized carbons (Fsp3) is 0.250. The molecule has 31 heavy (non-hydrogen) atoms. The van der Waals surface area contributed by atoms with E-state index in [9.17, 15) is 23.1 Å². The van der Waals surface area contributed by atoms with Crippen LogP contribution in [0.1, 0.15) is 27.8 Å². The van der Waals surface area contributed by atoms with Gasteiger partial charge in [0.1, 0.15) is 11.3 Å². The number of nitrogens with one attached hydrogen (secondary N) is 1. The Morgan fingerprint density at radius 3 is 2.45 bits per heavy atom. The second-order valence-corrected chi connectivity index (χ2v) is 9.40. The summed E-state index contributed by atoms with van der Waals surface area (Å²) in [6, 6.07) is 7.81. The third kappa shape index (κ3) is 4.71. The maximum absolute atomic E-state index is 12.8. The molecule has 2 aromatic heterocycles. The van der Waals surface area contributed by atoms with Crippen molar-refractivity contribution < 1.29 is 28.2 Å². The number of amides is 1. The van der Waals surface area contributed by atoms with E-state index in [-0.39, 0.29) is 10.6 Å². The van der Waals surface area contributed by atoms with E-state index in [1.165, 1.54) is 24.3 Å². The van der Waals surface area contributed by atoms with Gasteiger partial charge in [-0.15, -0.1) is 0 Å². The van der Waals surface area contributed by atoms with Crippen LogP contribution in [0.4, 0.5) is 0 Å². The van der Waals surface area contributed by atoms with Crippen molar-refractivity contribution in [3.8, 4) is 0 Å². The van der Waals surface area contributed by atoms with Crippen LogP contribution in [0, 0.1) is 6.92 Å². The number of halogens is 1. The molecule has 2 heterocycles. The van der Waals surface area contributed by atoms with Crippen molar-refractivity contribution in [2.75, 3.05) is 12.4 Å². The summed E-state index contributed by atoms with van der Waals surface area (Å²) in [5.41, 5.74) is 1.99. The number of aryl methyl sites for hydroxylation is 2. The predicted octanol–water partition coefficient (Wildman–Crippen LogP) is 1.86. The average molecular weight is 466 g/mol. The van der Waals surface area contributed by atoms with Crippen LogP contribution in [-0.2, 0) is 21.7 Å². The van der Waals surface area contributed by atoms with Crippen LogP contribution in [0.5, 0.6) is 0 Å². The van der Waals surface area contributed by atoms with Crippen LogP contribution in [-0.4, -0.2) is 52.4 Å². The number of hydrogen-bond donors (Lipinski definition) is 3. The third-order valence-electron chi connectivity index (χ3n) is 4.75. The number of carboxylic acid groups (broad SMARTS) is 1. The van der Waals surface area contributed by atoms with Crippen molar-refractivity contribution in [3.05, 3.63) is 58.4 Å². The van der Waals surface area contributed by atoms with E-state index in [0.717, 1.165) is 0 Å². The van der Waals surface area contributed by atoms with E-state index in [0.29, 0.717) is 27.3 Å². The number of pyridine rings is 1. The molecular weight excluding hydrogens is 446 g/mol. The van der Waals surface area contributed by atoms with E-state index in [1.54, 1.807) is 30.7 Å². The number of sulfone groups is 1. The number of aliphatic hydroxyl groups is 1. The minimum atomic E-state index is -3.98. The fourth-order valence-electron chi connectivity index (χ4n) is 3.20. The van der Waals surface area contributed by atoms with Crippen molar-refractivity contribution >= 4 is 44.3 Å². The first-order valence-corrected chi connectivity index (χ1v) is 11.2. The standard InChI is InChI=1S/C20H20ClN3O6S/c1-11-7-15(21)14-8-17(24(2)19(14)22-11)20(28)23-16(9-25)12-3-5-13(6-4-12)31(29,30)10-18(26)27/h3-8,16,25H,9-10H2,1-2H3,(H,23,28)(H,26,27). The first-order valence-electron chi connectivity index (χ1n) is 9.12. The van der Waals surface area contributed by atoms with Gasteiger partial charge in [0.2, 0.25) is 0 Å². The zero-order chi connectivity index (χ0) is 22.9. The Morgan fingerprint density at radius 1 is 1.23 bits per heavy atom. The Hall–Kier alpha value is -2.95. The zero-order valence-corrected chi connectivity index (χ0v) is 18.2. The Morgan fingerprint density at radius 2 is 1.87 bits per heavy atom.